The normalized spacial score (nSPS) is 20.4. The van der Waals surface area contributed by atoms with Crippen molar-refractivity contribution in [3.05, 3.63) is 35.9 Å². The lowest BCUT2D eigenvalue weighted by atomic mass is 9.85. The molecule has 0 spiro atoms. The van der Waals surface area contributed by atoms with E-state index in [4.69, 9.17) is 0 Å². The topological polar surface area (TPSA) is 52.7 Å². The second-order valence-electron chi connectivity index (χ2n) is 7.51. The molecule has 5 nitrogen and oxygen atoms in total. The summed E-state index contributed by atoms with van der Waals surface area (Å²) >= 11 is 0. The molecule has 1 aliphatic heterocycles. The third-order valence-electron chi connectivity index (χ3n) is 5.45. The molecule has 1 atom stereocenters. The van der Waals surface area contributed by atoms with Gasteiger partial charge in [0.25, 0.3) is 0 Å². The largest absolute Gasteiger partial charge is 0.342 e. The van der Waals surface area contributed by atoms with Crippen LogP contribution in [0.3, 0.4) is 0 Å². The highest BCUT2D eigenvalue weighted by Crippen LogP contribution is 2.26. The number of hydrogen-bond acceptors (Lipinski definition) is 2. The third kappa shape index (κ3) is 4.97. The summed E-state index contributed by atoms with van der Waals surface area (Å²) in [6.07, 6.45) is 5.20. The van der Waals surface area contributed by atoms with Crippen LogP contribution in [0.2, 0.25) is 0 Å². The minimum atomic E-state index is -0.0120. The van der Waals surface area contributed by atoms with Gasteiger partial charge in [0.2, 0.25) is 5.91 Å². The van der Waals surface area contributed by atoms with Crippen LogP contribution in [0.1, 0.15) is 31.2 Å². The lowest BCUT2D eigenvalue weighted by Gasteiger charge is -2.30. The van der Waals surface area contributed by atoms with E-state index in [2.05, 4.69) is 17.4 Å². The van der Waals surface area contributed by atoms with E-state index in [-0.39, 0.29) is 17.9 Å². The molecule has 1 aromatic rings. The standard InChI is InChI=1S/C20H29N3O2/c1-22(14-17-8-5-9-17)20(25)21-13-18-12-19(24)23(15-18)11-10-16-6-3-2-4-7-16/h2-4,6-7,17-18H,5,8-15H2,1H3,(H,21,25). The average molecular weight is 343 g/mol. The van der Waals surface area contributed by atoms with Gasteiger partial charge in [-0.05, 0) is 30.7 Å². The molecule has 0 aromatic heterocycles. The fourth-order valence-corrected chi connectivity index (χ4v) is 3.63. The number of nitrogens with one attached hydrogen (secondary N) is 1. The van der Waals surface area contributed by atoms with Gasteiger partial charge in [0.05, 0.1) is 0 Å². The molecule has 3 amide bonds. The number of nitrogens with zero attached hydrogens (tertiary/aromatic N) is 2. The molecule has 1 heterocycles. The summed E-state index contributed by atoms with van der Waals surface area (Å²) in [5.41, 5.74) is 1.25. The zero-order valence-corrected chi connectivity index (χ0v) is 15.1. The first kappa shape index (κ1) is 17.8. The van der Waals surface area contributed by atoms with Gasteiger partial charge in [0.1, 0.15) is 0 Å². The predicted molar refractivity (Wildman–Crippen MR) is 98.2 cm³/mol. The molecule has 2 aliphatic rings. The van der Waals surface area contributed by atoms with Crippen molar-refractivity contribution in [2.24, 2.45) is 11.8 Å². The van der Waals surface area contributed by atoms with Gasteiger partial charge in [-0.2, -0.15) is 0 Å². The number of carbonyl (C=O) groups excluding carboxylic acids is 2. The van der Waals surface area contributed by atoms with Crippen molar-refractivity contribution in [3.63, 3.8) is 0 Å². The van der Waals surface area contributed by atoms with Crippen LogP contribution in [-0.4, -0.2) is 55.0 Å². The Kier molecular flexibility index (Phi) is 5.95. The Morgan fingerprint density at radius 1 is 1.24 bits per heavy atom. The van der Waals surface area contributed by atoms with Gasteiger partial charge in [-0.3, -0.25) is 4.79 Å². The van der Waals surface area contributed by atoms with Crippen LogP contribution in [-0.2, 0) is 11.2 Å². The Morgan fingerprint density at radius 2 is 2.00 bits per heavy atom. The van der Waals surface area contributed by atoms with E-state index in [1.807, 2.05) is 30.1 Å². The Labute approximate surface area is 150 Å². The molecule has 1 N–H and O–H groups in total. The molecule has 1 aliphatic carbocycles. The van der Waals surface area contributed by atoms with Crippen LogP contribution < -0.4 is 5.32 Å². The van der Waals surface area contributed by atoms with E-state index in [1.54, 1.807) is 4.90 Å². The smallest absolute Gasteiger partial charge is 0.317 e. The molecular formula is C20H29N3O2. The lowest BCUT2D eigenvalue weighted by Crippen LogP contribution is -2.43. The lowest BCUT2D eigenvalue weighted by molar-refractivity contribution is -0.127. The minimum Gasteiger partial charge on any atom is -0.342 e. The highest BCUT2D eigenvalue weighted by atomic mass is 16.2. The molecule has 0 bridgehead atoms. The zero-order chi connectivity index (χ0) is 17.6. The summed E-state index contributed by atoms with van der Waals surface area (Å²) in [4.78, 5) is 28.1. The number of amides is 3. The summed E-state index contributed by atoms with van der Waals surface area (Å²) < 4.78 is 0. The van der Waals surface area contributed by atoms with Gasteiger partial charge in [-0.1, -0.05) is 36.8 Å². The van der Waals surface area contributed by atoms with Gasteiger partial charge < -0.3 is 15.1 Å². The van der Waals surface area contributed by atoms with Gasteiger partial charge in [-0.25, -0.2) is 4.79 Å². The fourth-order valence-electron chi connectivity index (χ4n) is 3.63. The molecule has 1 aromatic carbocycles. The summed E-state index contributed by atoms with van der Waals surface area (Å²) in [5.74, 6) is 1.11. The summed E-state index contributed by atoms with van der Waals surface area (Å²) in [6.45, 7) is 2.94. The number of likely N-dealkylation sites (tertiary alicyclic amines) is 1. The molecule has 1 unspecified atom stereocenters. The molecule has 1 saturated carbocycles. The van der Waals surface area contributed by atoms with Crippen molar-refractivity contribution in [1.82, 2.24) is 15.1 Å². The first-order chi connectivity index (χ1) is 12.1. The van der Waals surface area contributed by atoms with Crippen molar-refractivity contribution in [2.75, 3.05) is 33.2 Å². The summed E-state index contributed by atoms with van der Waals surface area (Å²) in [7, 11) is 1.86. The van der Waals surface area contributed by atoms with E-state index < -0.39 is 0 Å². The summed E-state index contributed by atoms with van der Waals surface area (Å²) in [6, 6.07) is 10.2. The van der Waals surface area contributed by atoms with Gasteiger partial charge in [0, 0.05) is 45.6 Å². The molecule has 0 radical (unpaired) electrons. The Hall–Kier alpha value is -2.04. The van der Waals surface area contributed by atoms with Crippen LogP contribution in [0.4, 0.5) is 4.79 Å². The van der Waals surface area contributed by atoms with Crippen LogP contribution in [0.15, 0.2) is 30.3 Å². The Morgan fingerprint density at radius 3 is 2.68 bits per heavy atom. The maximum atomic E-state index is 12.2. The Balaban J connectivity index is 1.37. The van der Waals surface area contributed by atoms with Crippen LogP contribution in [0.5, 0.6) is 0 Å². The van der Waals surface area contributed by atoms with Gasteiger partial charge >= 0.3 is 6.03 Å². The number of benzene rings is 1. The quantitative estimate of drug-likeness (QED) is 0.827. The number of urea groups is 1. The monoisotopic (exact) mass is 343 g/mol. The van der Waals surface area contributed by atoms with E-state index >= 15 is 0 Å². The average Bonchev–Trinajstić information content (AvgIpc) is 2.94. The van der Waals surface area contributed by atoms with Crippen LogP contribution in [0.25, 0.3) is 0 Å². The SMILES string of the molecule is CN(CC1CCC1)C(=O)NCC1CC(=O)N(CCc2ccccc2)C1. The molecule has 2 fully saturated rings. The fraction of sp³-hybridized carbons (Fsp3) is 0.600. The van der Waals surface area contributed by atoms with Crippen LogP contribution in [0, 0.1) is 11.8 Å². The Bertz CT molecular complexity index is 586. The second kappa shape index (κ2) is 8.37. The van der Waals surface area contributed by atoms with Gasteiger partial charge in [-0.15, -0.1) is 0 Å². The highest BCUT2D eigenvalue weighted by molar-refractivity contribution is 5.79. The second-order valence-corrected chi connectivity index (χ2v) is 7.51. The first-order valence-corrected chi connectivity index (χ1v) is 9.42. The van der Waals surface area contributed by atoms with Crippen molar-refractivity contribution in [1.29, 1.82) is 0 Å². The zero-order valence-electron chi connectivity index (χ0n) is 15.1. The maximum Gasteiger partial charge on any atom is 0.317 e. The highest BCUT2D eigenvalue weighted by Gasteiger charge is 2.29. The van der Waals surface area contributed by atoms with Gasteiger partial charge in [0.15, 0.2) is 0 Å². The molecule has 1 saturated heterocycles. The van der Waals surface area contributed by atoms with E-state index in [9.17, 15) is 9.59 Å². The maximum absolute atomic E-state index is 12.2. The predicted octanol–water partition coefficient (Wildman–Crippen LogP) is 2.52. The molecular weight excluding hydrogens is 314 g/mol. The third-order valence-corrected chi connectivity index (χ3v) is 5.45. The molecule has 136 valence electrons. The first-order valence-electron chi connectivity index (χ1n) is 9.42. The number of carbonyl (C=O) groups is 2. The molecule has 3 rings (SSSR count). The van der Waals surface area contributed by atoms with E-state index in [0.717, 1.165) is 26.1 Å². The molecule has 25 heavy (non-hydrogen) atoms. The molecule has 5 heteroatoms. The van der Waals surface area contributed by atoms with E-state index in [1.165, 1.54) is 24.8 Å². The van der Waals surface area contributed by atoms with E-state index in [0.29, 0.717) is 18.9 Å². The van der Waals surface area contributed by atoms with Crippen molar-refractivity contribution >= 4 is 11.9 Å². The van der Waals surface area contributed by atoms with Crippen molar-refractivity contribution in [2.45, 2.75) is 32.1 Å². The van der Waals surface area contributed by atoms with Crippen molar-refractivity contribution in [3.8, 4) is 0 Å². The van der Waals surface area contributed by atoms with Crippen molar-refractivity contribution < 1.29 is 9.59 Å². The number of hydrogen-bond donors (Lipinski definition) is 1. The minimum absolute atomic E-state index is 0.0120. The number of rotatable bonds is 7. The van der Waals surface area contributed by atoms with Crippen LogP contribution >= 0.6 is 0 Å². The summed E-state index contributed by atoms with van der Waals surface area (Å²) in [5, 5.41) is 3.00.